The number of carbonyl (C=O) groups is 1. The maximum absolute atomic E-state index is 13.3. The lowest BCUT2D eigenvalue weighted by atomic mass is 9.91. The molecule has 13 heteroatoms. The third-order valence-electron chi connectivity index (χ3n) is 6.12. The highest BCUT2D eigenvalue weighted by molar-refractivity contribution is 5.82. The minimum Gasteiger partial charge on any atom is -0.457 e. The highest BCUT2D eigenvalue weighted by Crippen LogP contribution is 2.50. The number of carbonyl (C=O) groups excluding carboxylic acids is 1. The molecule has 2 aromatic carbocycles. The molecular weight excluding hydrogens is 534 g/mol. The van der Waals surface area contributed by atoms with Crippen molar-refractivity contribution in [1.82, 2.24) is 9.55 Å². The average Bonchev–Trinajstić information content (AvgIpc) is 3.35. The number of aliphatic hydroxyl groups is 1. The number of ether oxygens (including phenoxy) is 2. The molecule has 0 atom stereocenters. The van der Waals surface area contributed by atoms with Crippen LogP contribution in [0.2, 0.25) is 0 Å². The molecular formula is C26H22F6N2O5. The summed E-state index contributed by atoms with van der Waals surface area (Å²) in [5.41, 5.74) is -4.44. The standard InChI is InChI=1S/C26H22F6N2O5/c1-14-9-18-10-19(24(36,25(27,28)29)26(30,31)32)7-8-22(18)34(14)12-21-15(2)39-23(33-21)17-5-4-6-20(11-17)38-13-37-16(3)35/h4-11,36H,12-13H2,1-3H3. The highest BCUT2D eigenvalue weighted by Gasteiger charge is 2.71. The Kier molecular flexibility index (Phi) is 7.15. The lowest BCUT2D eigenvalue weighted by molar-refractivity contribution is -0.376. The van der Waals surface area contributed by atoms with Crippen molar-refractivity contribution in [2.24, 2.45) is 0 Å². The molecule has 0 radical (unpaired) electrons. The SMILES string of the molecule is CC(=O)OCOc1cccc(-c2nc(Cn3c(C)cc4cc(C(O)(C(F)(F)F)C(F)(F)F)ccc43)c(C)o2)c1. The molecule has 0 aliphatic rings. The fourth-order valence-corrected chi connectivity index (χ4v) is 4.08. The van der Waals surface area contributed by atoms with E-state index in [0.29, 0.717) is 46.1 Å². The first kappa shape index (κ1) is 28.0. The number of halogens is 6. The first-order chi connectivity index (χ1) is 18.1. The fraction of sp³-hybridized carbons (Fsp3) is 0.308. The lowest BCUT2D eigenvalue weighted by Crippen LogP contribution is -2.53. The van der Waals surface area contributed by atoms with Crippen LogP contribution in [-0.4, -0.2) is 39.8 Å². The Balaban J connectivity index is 1.64. The minimum absolute atomic E-state index is 0.0796. The first-order valence-electron chi connectivity index (χ1n) is 11.4. The number of hydrogen-bond acceptors (Lipinski definition) is 6. The summed E-state index contributed by atoms with van der Waals surface area (Å²) >= 11 is 0. The van der Waals surface area contributed by atoms with Gasteiger partial charge in [0, 0.05) is 34.6 Å². The van der Waals surface area contributed by atoms with E-state index in [9.17, 15) is 36.2 Å². The van der Waals surface area contributed by atoms with Crippen molar-refractivity contribution in [3.8, 4) is 17.2 Å². The second-order valence-corrected chi connectivity index (χ2v) is 8.80. The number of nitrogens with zero attached hydrogens (tertiary/aromatic N) is 2. The molecule has 1 N–H and O–H groups in total. The maximum atomic E-state index is 13.3. The zero-order chi connectivity index (χ0) is 28.8. The van der Waals surface area contributed by atoms with Gasteiger partial charge in [0.25, 0.3) is 5.60 Å². The van der Waals surface area contributed by atoms with E-state index in [1.165, 1.54) is 13.0 Å². The van der Waals surface area contributed by atoms with Gasteiger partial charge in [0.15, 0.2) is 0 Å². The van der Waals surface area contributed by atoms with Gasteiger partial charge in [-0.2, -0.15) is 26.3 Å². The summed E-state index contributed by atoms with van der Waals surface area (Å²) in [6, 6.07) is 10.5. The Morgan fingerprint density at radius 1 is 1.03 bits per heavy atom. The number of alkyl halides is 6. The van der Waals surface area contributed by atoms with Crippen LogP contribution in [0.4, 0.5) is 26.3 Å². The molecule has 7 nitrogen and oxygen atoms in total. The Hall–Kier alpha value is -4.00. The molecule has 0 amide bonds. The monoisotopic (exact) mass is 556 g/mol. The molecule has 2 heterocycles. The predicted molar refractivity (Wildman–Crippen MR) is 126 cm³/mol. The van der Waals surface area contributed by atoms with E-state index >= 15 is 0 Å². The van der Waals surface area contributed by atoms with E-state index in [-0.39, 0.29) is 24.6 Å². The van der Waals surface area contributed by atoms with E-state index in [2.05, 4.69) is 4.98 Å². The molecule has 0 bridgehead atoms. The third kappa shape index (κ3) is 5.31. The molecule has 0 aliphatic heterocycles. The number of oxazole rings is 1. The van der Waals surface area contributed by atoms with Gasteiger partial charge in [-0.1, -0.05) is 12.1 Å². The Morgan fingerprint density at radius 2 is 1.72 bits per heavy atom. The average molecular weight is 556 g/mol. The van der Waals surface area contributed by atoms with Gasteiger partial charge >= 0.3 is 18.3 Å². The van der Waals surface area contributed by atoms with Crippen LogP contribution >= 0.6 is 0 Å². The highest BCUT2D eigenvalue weighted by atomic mass is 19.4. The zero-order valence-electron chi connectivity index (χ0n) is 20.8. The van der Waals surface area contributed by atoms with Gasteiger partial charge in [0.05, 0.1) is 6.54 Å². The largest absolute Gasteiger partial charge is 0.457 e. The fourth-order valence-electron chi connectivity index (χ4n) is 4.08. The van der Waals surface area contributed by atoms with Crippen molar-refractivity contribution >= 4 is 16.9 Å². The van der Waals surface area contributed by atoms with Crippen molar-refractivity contribution in [1.29, 1.82) is 0 Å². The lowest BCUT2D eigenvalue weighted by Gasteiger charge is -2.32. The summed E-state index contributed by atoms with van der Waals surface area (Å²) in [6.45, 7) is 4.38. The van der Waals surface area contributed by atoms with Crippen LogP contribution in [0.3, 0.4) is 0 Å². The summed E-state index contributed by atoms with van der Waals surface area (Å²) < 4.78 is 97.6. The molecule has 0 fully saturated rings. The van der Waals surface area contributed by atoms with Crippen LogP contribution in [0.15, 0.2) is 52.9 Å². The normalized spacial score (nSPS) is 12.7. The zero-order valence-corrected chi connectivity index (χ0v) is 20.8. The van der Waals surface area contributed by atoms with Gasteiger partial charge < -0.3 is 23.6 Å². The van der Waals surface area contributed by atoms with Gasteiger partial charge in [-0.25, -0.2) is 4.98 Å². The van der Waals surface area contributed by atoms with Gasteiger partial charge in [-0.3, -0.25) is 4.79 Å². The summed E-state index contributed by atoms with van der Waals surface area (Å²) in [4.78, 5) is 15.4. The molecule has 39 heavy (non-hydrogen) atoms. The number of benzene rings is 2. The van der Waals surface area contributed by atoms with Crippen LogP contribution in [0.25, 0.3) is 22.4 Å². The van der Waals surface area contributed by atoms with E-state index < -0.39 is 29.5 Å². The van der Waals surface area contributed by atoms with Gasteiger partial charge in [-0.05, 0) is 50.2 Å². The van der Waals surface area contributed by atoms with Crippen LogP contribution < -0.4 is 4.74 Å². The van der Waals surface area contributed by atoms with Gasteiger partial charge in [0.2, 0.25) is 12.7 Å². The Morgan fingerprint density at radius 3 is 2.36 bits per heavy atom. The van der Waals surface area contributed by atoms with Crippen LogP contribution in [0.5, 0.6) is 5.75 Å². The molecule has 4 aromatic rings. The first-order valence-corrected chi connectivity index (χ1v) is 11.4. The molecule has 208 valence electrons. The van der Waals surface area contributed by atoms with Crippen LogP contribution in [0.1, 0.15) is 29.6 Å². The van der Waals surface area contributed by atoms with Crippen molar-refractivity contribution in [2.45, 2.75) is 45.3 Å². The number of hydrogen-bond donors (Lipinski definition) is 1. The van der Waals surface area contributed by atoms with E-state index in [1.54, 1.807) is 42.7 Å². The number of esters is 1. The summed E-state index contributed by atoms with van der Waals surface area (Å²) in [5.74, 6) is 0.585. The van der Waals surface area contributed by atoms with E-state index in [1.807, 2.05) is 0 Å². The molecule has 0 saturated carbocycles. The molecule has 0 spiro atoms. The van der Waals surface area contributed by atoms with Crippen molar-refractivity contribution in [3.63, 3.8) is 0 Å². The van der Waals surface area contributed by atoms with Crippen LogP contribution in [-0.2, 0) is 21.7 Å². The van der Waals surface area contributed by atoms with Gasteiger partial charge in [-0.15, -0.1) is 0 Å². The third-order valence-corrected chi connectivity index (χ3v) is 6.12. The Labute approximate surface area is 217 Å². The second kappa shape index (κ2) is 9.95. The number of aryl methyl sites for hydroxylation is 2. The number of fused-ring (bicyclic) bond motifs is 1. The van der Waals surface area contributed by atoms with Crippen molar-refractivity contribution < 1.29 is 50.1 Å². The van der Waals surface area contributed by atoms with E-state index in [4.69, 9.17) is 13.9 Å². The van der Waals surface area contributed by atoms with Crippen LogP contribution in [0, 0.1) is 13.8 Å². The minimum atomic E-state index is -5.98. The van der Waals surface area contributed by atoms with Crippen molar-refractivity contribution in [2.75, 3.05) is 6.79 Å². The van der Waals surface area contributed by atoms with Gasteiger partial charge in [0.1, 0.15) is 17.2 Å². The van der Waals surface area contributed by atoms with E-state index in [0.717, 1.165) is 6.07 Å². The molecule has 0 unspecified atom stereocenters. The molecule has 4 rings (SSSR count). The molecule has 0 saturated heterocycles. The molecule has 0 aliphatic carbocycles. The predicted octanol–water partition coefficient (Wildman–Crippen LogP) is 6.17. The number of rotatable bonds is 7. The maximum Gasteiger partial charge on any atom is 0.430 e. The smallest absolute Gasteiger partial charge is 0.430 e. The summed E-state index contributed by atoms with van der Waals surface area (Å²) in [7, 11) is 0. The summed E-state index contributed by atoms with van der Waals surface area (Å²) in [6.07, 6.45) is -12.0. The molecule has 2 aromatic heterocycles. The number of aromatic nitrogens is 2. The topological polar surface area (TPSA) is 86.7 Å². The van der Waals surface area contributed by atoms with Crippen molar-refractivity contribution in [3.05, 3.63) is 71.2 Å². The summed E-state index contributed by atoms with van der Waals surface area (Å²) in [5, 5.41) is 9.83. The quantitative estimate of drug-likeness (QED) is 0.166. The Bertz CT molecular complexity index is 1510. The second-order valence-electron chi connectivity index (χ2n) is 8.80.